The Balaban J connectivity index is 0.00000160. The van der Waals surface area contributed by atoms with Crippen molar-refractivity contribution in [3.63, 3.8) is 0 Å². The Morgan fingerprint density at radius 3 is 2.37 bits per heavy atom. The summed E-state index contributed by atoms with van der Waals surface area (Å²) >= 11 is 13.3. The van der Waals surface area contributed by atoms with E-state index in [0.717, 1.165) is 104 Å². The second-order valence-electron chi connectivity index (χ2n) is 13.8. The van der Waals surface area contributed by atoms with E-state index in [0.29, 0.717) is 31.0 Å². The van der Waals surface area contributed by atoms with Gasteiger partial charge in [0.25, 0.3) is 0 Å². The number of nitrogens with one attached hydrogen (secondary N) is 1. The summed E-state index contributed by atoms with van der Waals surface area (Å²) < 4.78 is 8.06. The molecule has 0 saturated carbocycles. The molecule has 5 aromatic rings. The van der Waals surface area contributed by atoms with Gasteiger partial charge in [0, 0.05) is 59.0 Å². The average molecular weight is 765 g/mol. The van der Waals surface area contributed by atoms with E-state index in [1.165, 1.54) is 11.1 Å². The molecule has 3 heterocycles. The van der Waals surface area contributed by atoms with E-state index in [4.69, 9.17) is 42.5 Å². The number of amides is 1. The van der Waals surface area contributed by atoms with Crippen LogP contribution < -0.4 is 15.0 Å². The molecule has 1 N–H and O–H groups in total. The molecule has 278 valence electrons. The summed E-state index contributed by atoms with van der Waals surface area (Å²) in [5.74, 6) is 1.64. The molecule has 3 aromatic carbocycles. The van der Waals surface area contributed by atoms with Gasteiger partial charge in [0.05, 0.1) is 24.5 Å². The van der Waals surface area contributed by atoms with Gasteiger partial charge in [-0.1, -0.05) is 59.6 Å². The molecule has 11 heteroatoms. The normalized spacial score (nSPS) is 13.1. The number of anilines is 1. The van der Waals surface area contributed by atoms with Crippen molar-refractivity contribution in [2.24, 2.45) is 7.05 Å². The number of rotatable bonds is 10. The Labute approximate surface area is 326 Å². The summed E-state index contributed by atoms with van der Waals surface area (Å²) in [5, 5.41) is 9.32. The monoisotopic (exact) mass is 763 g/mol. The topological polar surface area (TPSA) is 106 Å². The molecule has 1 amide bonds. The van der Waals surface area contributed by atoms with Crippen LogP contribution in [0.5, 0.6) is 5.75 Å². The molecule has 0 spiro atoms. The van der Waals surface area contributed by atoms with Crippen molar-refractivity contribution in [3.05, 3.63) is 133 Å². The van der Waals surface area contributed by atoms with E-state index in [1.54, 1.807) is 0 Å². The number of hydrogen-bond acceptors (Lipinski definition) is 7. The number of hydrogen-bond donors (Lipinski definition) is 1. The molecule has 54 heavy (non-hydrogen) atoms. The number of benzene rings is 3. The highest BCUT2D eigenvalue weighted by molar-refractivity contribution is 6.34. The number of nitrogens with zero attached hydrogens (tertiary/aromatic N) is 4. The van der Waals surface area contributed by atoms with Gasteiger partial charge in [-0.25, -0.2) is 4.98 Å². The van der Waals surface area contributed by atoms with Crippen molar-refractivity contribution in [1.29, 1.82) is 0 Å². The van der Waals surface area contributed by atoms with Gasteiger partial charge in [0.1, 0.15) is 11.6 Å². The van der Waals surface area contributed by atoms with Gasteiger partial charge in [-0.15, -0.1) is 0 Å². The van der Waals surface area contributed by atoms with Gasteiger partial charge in [-0.05, 0) is 116 Å². The van der Waals surface area contributed by atoms with Crippen molar-refractivity contribution in [1.82, 2.24) is 20.1 Å². The molecule has 0 fully saturated rings. The maximum Gasteiger partial charge on any atom is 0.373 e. The first-order chi connectivity index (χ1) is 26.0. The molecule has 0 atom stereocenters. The summed E-state index contributed by atoms with van der Waals surface area (Å²) in [5.41, 5.74) is 13.4. The second kappa shape index (κ2) is 16.9. The molecule has 7 rings (SSSR count). The van der Waals surface area contributed by atoms with Crippen molar-refractivity contribution in [3.8, 4) is 16.9 Å². The summed E-state index contributed by atoms with van der Waals surface area (Å²) in [4.78, 5) is 37.7. The number of carbonyl (C=O) groups excluding carboxylic acids is 3. The summed E-state index contributed by atoms with van der Waals surface area (Å²) in [6.45, 7) is 10.6. The fraction of sp³-hybridized carbons (Fsp3) is 0.302. The van der Waals surface area contributed by atoms with Gasteiger partial charge >= 0.3 is 6.15 Å². The maximum atomic E-state index is 14.2. The fourth-order valence-corrected chi connectivity index (χ4v) is 7.96. The lowest BCUT2D eigenvalue weighted by atomic mass is 9.93. The third kappa shape index (κ3) is 8.14. The van der Waals surface area contributed by atoms with Crippen LogP contribution in [0.1, 0.15) is 63.3 Å². The Kier molecular flexibility index (Phi) is 12.0. The van der Waals surface area contributed by atoms with Gasteiger partial charge in [-0.3, -0.25) is 9.48 Å². The Morgan fingerprint density at radius 2 is 1.67 bits per heavy atom. The Hall–Kier alpha value is -5.21. The summed E-state index contributed by atoms with van der Waals surface area (Å²) in [7, 11) is 1.95. The van der Waals surface area contributed by atoms with Gasteiger partial charge in [-0.2, -0.15) is 14.7 Å². The number of carbonyl (C=O) groups is 1. The molecule has 0 bridgehead atoms. The Bertz CT molecular complexity index is 2270. The number of aryl methyl sites for hydroxylation is 4. The lowest BCUT2D eigenvalue weighted by molar-refractivity contribution is -0.191. The lowest BCUT2D eigenvalue weighted by Gasteiger charge is -2.30. The number of ether oxygens (including phenoxy) is 1. The lowest BCUT2D eigenvalue weighted by Crippen LogP contribution is -2.31. The van der Waals surface area contributed by atoms with Gasteiger partial charge < -0.3 is 15.0 Å². The van der Waals surface area contributed by atoms with Crippen LogP contribution in [0, 0.1) is 27.7 Å². The van der Waals surface area contributed by atoms with Crippen molar-refractivity contribution >= 4 is 46.7 Å². The number of allylic oxidation sites excluding steroid dienone is 1. The van der Waals surface area contributed by atoms with Crippen molar-refractivity contribution in [2.75, 3.05) is 18.1 Å². The van der Waals surface area contributed by atoms with E-state index < -0.39 is 0 Å². The van der Waals surface area contributed by atoms with Crippen LogP contribution in [0.25, 0.3) is 16.7 Å². The minimum absolute atomic E-state index is 0.0909. The minimum atomic E-state index is -0.0909. The van der Waals surface area contributed by atoms with Gasteiger partial charge in [0.2, 0.25) is 5.91 Å². The standard InChI is InChI=1S/C42H43Cl2N5O2.CO2/c1-25-20-32(21-26(2)41(25)44)51-19-9-13-33-34-15-16-37(43)40(39-27(3)47-48(5)28(39)4)35(34)22-36(33)42(50)45-23-31-12-8-14-38(46-31)49-18-17-29-10-6-7-11-30(29)24-49;2-1-3/h6-8,10-12,14-16,20-21H,9,13,17-19,22-24H2,1-5H3,(H,45,50);. The number of fused-ring (bicyclic) bond motifs is 2. The van der Waals surface area contributed by atoms with E-state index in [-0.39, 0.29) is 12.1 Å². The predicted molar refractivity (Wildman–Crippen MR) is 212 cm³/mol. The number of pyridine rings is 1. The van der Waals surface area contributed by atoms with Crippen LogP contribution in [0.2, 0.25) is 10.0 Å². The minimum Gasteiger partial charge on any atom is -0.494 e. The third-order valence-electron chi connectivity index (χ3n) is 10.3. The zero-order valence-electron chi connectivity index (χ0n) is 31.2. The molecule has 2 aromatic heterocycles. The molecule has 1 aliphatic heterocycles. The zero-order valence-corrected chi connectivity index (χ0v) is 32.7. The highest BCUT2D eigenvalue weighted by Crippen LogP contribution is 2.45. The molecule has 0 saturated heterocycles. The first kappa shape index (κ1) is 38.5. The van der Waals surface area contributed by atoms with Crippen LogP contribution in [0.4, 0.5) is 5.82 Å². The predicted octanol–water partition coefficient (Wildman–Crippen LogP) is 8.49. The fourth-order valence-electron chi connectivity index (χ4n) is 7.58. The first-order valence-electron chi connectivity index (χ1n) is 18.0. The van der Waals surface area contributed by atoms with Crippen molar-refractivity contribution in [2.45, 2.75) is 66.5 Å². The zero-order chi connectivity index (χ0) is 38.5. The molecule has 9 nitrogen and oxygen atoms in total. The van der Waals surface area contributed by atoms with Crippen LogP contribution in [-0.4, -0.2) is 40.0 Å². The molecule has 2 aliphatic rings. The third-order valence-corrected chi connectivity index (χ3v) is 11.2. The van der Waals surface area contributed by atoms with Crippen molar-refractivity contribution < 1.29 is 19.1 Å². The van der Waals surface area contributed by atoms with E-state index in [9.17, 15) is 4.79 Å². The van der Waals surface area contributed by atoms with E-state index in [2.05, 4.69) is 58.6 Å². The molecule has 0 unspecified atom stereocenters. The average Bonchev–Trinajstić information content (AvgIpc) is 3.66. The molecular formula is C43H43Cl2N5O4. The second-order valence-corrected chi connectivity index (χ2v) is 14.6. The number of aromatic nitrogens is 3. The molecular weight excluding hydrogens is 721 g/mol. The Morgan fingerprint density at radius 1 is 0.944 bits per heavy atom. The summed E-state index contributed by atoms with van der Waals surface area (Å²) in [6.07, 6.45) is 3.14. The SMILES string of the molecule is Cc1cc(OCCCC2=C(C(=O)NCc3cccc(N4CCc5ccccc5C4)n3)Cc3c2ccc(Cl)c3-c2c(C)nn(C)c2C)cc(C)c1Cl.O=C=O. The smallest absolute Gasteiger partial charge is 0.373 e. The molecule has 0 radical (unpaired) electrons. The van der Waals surface area contributed by atoms with Crippen LogP contribution in [0.15, 0.2) is 72.3 Å². The highest BCUT2D eigenvalue weighted by Gasteiger charge is 2.31. The largest absolute Gasteiger partial charge is 0.494 e. The van der Waals surface area contributed by atoms with Crippen LogP contribution in [-0.2, 0) is 47.4 Å². The van der Waals surface area contributed by atoms with E-state index >= 15 is 0 Å². The maximum absolute atomic E-state index is 14.2. The molecule has 1 aliphatic carbocycles. The highest BCUT2D eigenvalue weighted by atomic mass is 35.5. The van der Waals surface area contributed by atoms with E-state index in [1.807, 2.05) is 62.8 Å². The van der Waals surface area contributed by atoms with Crippen LogP contribution >= 0.6 is 23.2 Å². The van der Waals surface area contributed by atoms with Gasteiger partial charge in [0.15, 0.2) is 0 Å². The number of halogens is 2. The first-order valence-corrected chi connectivity index (χ1v) is 18.7. The van der Waals surface area contributed by atoms with Crippen LogP contribution in [0.3, 0.4) is 0 Å². The quantitative estimate of drug-likeness (QED) is 0.142. The summed E-state index contributed by atoms with van der Waals surface area (Å²) in [6, 6.07) is 22.6.